The Kier molecular flexibility index (Phi) is 7.90. The summed E-state index contributed by atoms with van der Waals surface area (Å²) in [6.45, 7) is 6.52. The van der Waals surface area contributed by atoms with E-state index in [0.29, 0.717) is 16.4 Å². The lowest BCUT2D eigenvalue weighted by Gasteiger charge is -2.24. The molecule has 0 saturated carbocycles. The van der Waals surface area contributed by atoms with Crippen molar-refractivity contribution in [2.45, 2.75) is 27.2 Å². The number of ether oxygens (including phenoxy) is 1. The summed E-state index contributed by atoms with van der Waals surface area (Å²) in [5.74, 6) is -1.29. The summed E-state index contributed by atoms with van der Waals surface area (Å²) in [4.78, 5) is 39.0. The fraction of sp³-hybridized carbons (Fsp3) is 0.381. The van der Waals surface area contributed by atoms with E-state index in [1.54, 1.807) is 17.9 Å². The van der Waals surface area contributed by atoms with Crippen LogP contribution in [0.1, 0.15) is 45.9 Å². The number of methoxy groups -OCH3 is 1. The summed E-state index contributed by atoms with van der Waals surface area (Å²) < 4.78 is 18.0. The molecule has 6 nitrogen and oxygen atoms in total. The summed E-state index contributed by atoms with van der Waals surface area (Å²) in [6.07, 6.45) is 0.114. The minimum atomic E-state index is -0.495. The summed E-state index contributed by atoms with van der Waals surface area (Å²) >= 11 is 1.16. The lowest BCUT2D eigenvalue weighted by molar-refractivity contribution is -0.140. The largest absolute Gasteiger partial charge is 0.469 e. The van der Waals surface area contributed by atoms with Gasteiger partial charge in [0, 0.05) is 18.7 Å². The molecule has 0 aliphatic heterocycles. The van der Waals surface area contributed by atoms with Crippen LogP contribution < -0.4 is 5.32 Å². The number of nitrogens with zero attached hydrogens (tertiary/aromatic N) is 1. The van der Waals surface area contributed by atoms with Crippen LogP contribution in [-0.4, -0.2) is 42.9 Å². The van der Waals surface area contributed by atoms with Gasteiger partial charge in [0.05, 0.1) is 23.4 Å². The third-order valence-electron chi connectivity index (χ3n) is 4.12. The highest BCUT2D eigenvalue weighted by Gasteiger charge is 2.22. The monoisotopic (exact) mass is 420 g/mol. The van der Waals surface area contributed by atoms with Crippen LogP contribution in [0.25, 0.3) is 0 Å². The molecule has 0 radical (unpaired) electrons. The number of hydrogen-bond donors (Lipinski definition) is 1. The second kappa shape index (κ2) is 10.2. The van der Waals surface area contributed by atoms with Gasteiger partial charge in [-0.3, -0.25) is 14.4 Å². The second-order valence-electron chi connectivity index (χ2n) is 7.06. The Morgan fingerprint density at radius 2 is 1.97 bits per heavy atom. The Balaban J connectivity index is 2.16. The van der Waals surface area contributed by atoms with Gasteiger partial charge in [0.25, 0.3) is 11.8 Å². The van der Waals surface area contributed by atoms with E-state index in [4.69, 9.17) is 0 Å². The number of benzene rings is 1. The smallest absolute Gasteiger partial charge is 0.307 e. The van der Waals surface area contributed by atoms with Crippen LogP contribution in [0.3, 0.4) is 0 Å². The molecule has 8 heteroatoms. The van der Waals surface area contributed by atoms with Crippen molar-refractivity contribution >= 4 is 34.1 Å². The van der Waals surface area contributed by atoms with Crippen LogP contribution in [0, 0.1) is 18.7 Å². The van der Waals surface area contributed by atoms with Crippen LogP contribution in [0.5, 0.6) is 0 Å². The van der Waals surface area contributed by atoms with Crippen LogP contribution in [0.4, 0.5) is 9.39 Å². The van der Waals surface area contributed by atoms with Crippen molar-refractivity contribution in [1.29, 1.82) is 0 Å². The third-order valence-corrected chi connectivity index (χ3v) is 5.26. The van der Waals surface area contributed by atoms with Gasteiger partial charge in [-0.05, 0) is 42.7 Å². The molecular formula is C21H25FN2O4S. The molecule has 2 aromatic rings. The van der Waals surface area contributed by atoms with E-state index in [1.165, 1.54) is 25.3 Å². The maximum Gasteiger partial charge on any atom is 0.307 e. The van der Waals surface area contributed by atoms with Gasteiger partial charge in [-0.25, -0.2) is 4.39 Å². The quantitative estimate of drug-likeness (QED) is 0.652. The molecule has 0 saturated heterocycles. The minimum absolute atomic E-state index is 0.114. The van der Waals surface area contributed by atoms with Gasteiger partial charge in [0.15, 0.2) is 0 Å². The molecular weight excluding hydrogens is 395 g/mol. The zero-order valence-corrected chi connectivity index (χ0v) is 17.8. The molecule has 1 N–H and O–H groups in total. The number of amides is 2. The lowest BCUT2D eigenvalue weighted by atomic mass is 10.2. The van der Waals surface area contributed by atoms with Crippen molar-refractivity contribution in [2.75, 3.05) is 25.5 Å². The second-order valence-corrected chi connectivity index (χ2v) is 8.11. The number of anilines is 1. The van der Waals surface area contributed by atoms with Crippen molar-refractivity contribution in [3.63, 3.8) is 0 Å². The third kappa shape index (κ3) is 6.39. The number of esters is 1. The molecule has 0 atom stereocenters. The molecule has 0 unspecified atom stereocenters. The standard InChI is InChI=1S/C21H25FN2O4S/c1-13(2)12-24(9-8-18(25)28-4)21(27)19-14(3)10-17(29-19)23-20(26)15-6-5-7-16(22)11-15/h5-7,10-11,13H,8-9,12H2,1-4H3,(H,23,26). The maximum absolute atomic E-state index is 13.3. The van der Waals surface area contributed by atoms with E-state index >= 15 is 0 Å². The van der Waals surface area contributed by atoms with E-state index < -0.39 is 11.7 Å². The topological polar surface area (TPSA) is 75.7 Å². The summed E-state index contributed by atoms with van der Waals surface area (Å²) in [5, 5.41) is 3.21. The first-order valence-corrected chi connectivity index (χ1v) is 10.1. The molecule has 156 valence electrons. The van der Waals surface area contributed by atoms with Crippen molar-refractivity contribution in [1.82, 2.24) is 4.90 Å². The zero-order valence-electron chi connectivity index (χ0n) is 17.0. The SMILES string of the molecule is COC(=O)CCN(CC(C)C)C(=O)c1sc(NC(=O)c2cccc(F)c2)cc1C. The number of hydrogen-bond acceptors (Lipinski definition) is 5. The fourth-order valence-corrected chi connectivity index (χ4v) is 3.79. The van der Waals surface area contributed by atoms with E-state index in [9.17, 15) is 18.8 Å². The van der Waals surface area contributed by atoms with Gasteiger partial charge in [0.2, 0.25) is 0 Å². The lowest BCUT2D eigenvalue weighted by Crippen LogP contribution is -2.36. The molecule has 1 aromatic carbocycles. The molecule has 1 heterocycles. The van der Waals surface area contributed by atoms with Gasteiger partial charge >= 0.3 is 5.97 Å². The zero-order chi connectivity index (χ0) is 21.6. The predicted octanol–water partition coefficient (Wildman–Crippen LogP) is 4.11. The molecule has 29 heavy (non-hydrogen) atoms. The molecule has 1 aromatic heterocycles. The average molecular weight is 421 g/mol. The van der Waals surface area contributed by atoms with Crippen LogP contribution in [-0.2, 0) is 9.53 Å². The molecule has 0 aliphatic carbocycles. The molecule has 0 fully saturated rings. The van der Waals surface area contributed by atoms with E-state index in [1.807, 2.05) is 13.8 Å². The first-order valence-electron chi connectivity index (χ1n) is 9.24. The summed E-state index contributed by atoms with van der Waals surface area (Å²) in [5.41, 5.74) is 0.921. The predicted molar refractivity (Wildman–Crippen MR) is 111 cm³/mol. The summed E-state index contributed by atoms with van der Waals surface area (Å²) in [6, 6.07) is 7.11. The first-order chi connectivity index (χ1) is 13.7. The minimum Gasteiger partial charge on any atom is -0.469 e. The Morgan fingerprint density at radius 3 is 2.59 bits per heavy atom. The summed E-state index contributed by atoms with van der Waals surface area (Å²) in [7, 11) is 1.31. The molecule has 0 bridgehead atoms. The normalized spacial score (nSPS) is 10.7. The highest BCUT2D eigenvalue weighted by atomic mass is 32.1. The van der Waals surface area contributed by atoms with Gasteiger partial charge in [-0.2, -0.15) is 0 Å². The first kappa shape index (κ1) is 22.5. The van der Waals surface area contributed by atoms with Gasteiger partial charge in [0.1, 0.15) is 5.82 Å². The Morgan fingerprint density at radius 1 is 1.24 bits per heavy atom. The average Bonchev–Trinajstić information content (AvgIpc) is 3.03. The Bertz CT molecular complexity index is 895. The molecule has 0 spiro atoms. The number of carbonyl (C=O) groups excluding carboxylic acids is 3. The Labute approximate surface area is 173 Å². The Hall–Kier alpha value is -2.74. The molecule has 2 amide bonds. The fourth-order valence-electron chi connectivity index (χ4n) is 2.76. The van der Waals surface area contributed by atoms with Crippen LogP contribution in [0.2, 0.25) is 0 Å². The van der Waals surface area contributed by atoms with Crippen LogP contribution in [0.15, 0.2) is 30.3 Å². The van der Waals surface area contributed by atoms with E-state index in [0.717, 1.165) is 23.0 Å². The van der Waals surface area contributed by atoms with Gasteiger partial charge < -0.3 is 15.0 Å². The van der Waals surface area contributed by atoms with E-state index in [2.05, 4.69) is 10.1 Å². The number of halogens is 1. The number of carbonyl (C=O) groups is 3. The van der Waals surface area contributed by atoms with Crippen molar-refractivity contribution in [2.24, 2.45) is 5.92 Å². The van der Waals surface area contributed by atoms with Crippen LogP contribution >= 0.6 is 11.3 Å². The number of nitrogens with one attached hydrogen (secondary N) is 1. The molecule has 2 rings (SSSR count). The molecule has 0 aliphatic rings. The highest BCUT2D eigenvalue weighted by molar-refractivity contribution is 7.18. The van der Waals surface area contributed by atoms with Gasteiger partial charge in [-0.15, -0.1) is 11.3 Å². The van der Waals surface area contributed by atoms with Crippen molar-refractivity contribution in [3.05, 3.63) is 52.2 Å². The number of aryl methyl sites for hydroxylation is 1. The number of rotatable bonds is 8. The maximum atomic E-state index is 13.3. The van der Waals surface area contributed by atoms with Crippen molar-refractivity contribution in [3.8, 4) is 0 Å². The highest BCUT2D eigenvalue weighted by Crippen LogP contribution is 2.28. The number of thiophene rings is 1. The van der Waals surface area contributed by atoms with E-state index in [-0.39, 0.29) is 36.3 Å². The van der Waals surface area contributed by atoms with Gasteiger partial charge in [-0.1, -0.05) is 19.9 Å². The van der Waals surface area contributed by atoms with Crippen molar-refractivity contribution < 1.29 is 23.5 Å².